The van der Waals surface area contributed by atoms with Crippen molar-refractivity contribution in [3.05, 3.63) is 89.7 Å². The summed E-state index contributed by atoms with van der Waals surface area (Å²) in [5.41, 5.74) is 4.28. The van der Waals surface area contributed by atoms with E-state index in [4.69, 9.17) is 4.74 Å². The Morgan fingerprint density at radius 2 is 1.84 bits per heavy atom. The summed E-state index contributed by atoms with van der Waals surface area (Å²) in [5.74, 6) is -0.0338. The Bertz CT molecular complexity index is 1710. The zero-order chi connectivity index (χ0) is 32.1. The largest absolute Gasteiger partial charge is 0.573 e. The topological polar surface area (TPSA) is 123 Å². The van der Waals surface area contributed by atoms with E-state index >= 15 is 0 Å². The van der Waals surface area contributed by atoms with Crippen LogP contribution in [0.2, 0.25) is 0 Å². The molecule has 3 aromatic carbocycles. The number of nitrogens with one attached hydrogen (secondary N) is 2. The Balaban J connectivity index is 1.18. The van der Waals surface area contributed by atoms with E-state index in [0.717, 1.165) is 16.7 Å². The number of carbonyl (C=O) groups is 2. The Morgan fingerprint density at radius 3 is 2.53 bits per heavy atom. The molecule has 1 fully saturated rings. The quantitative estimate of drug-likeness (QED) is 0.214. The number of benzene rings is 3. The van der Waals surface area contributed by atoms with Crippen LogP contribution in [0.4, 0.5) is 35.3 Å². The van der Waals surface area contributed by atoms with Gasteiger partial charge in [-0.05, 0) is 67.4 Å². The molecular weight excluding hydrogens is 611 g/mol. The average molecular weight is 640 g/mol. The van der Waals surface area contributed by atoms with Crippen LogP contribution in [0.25, 0.3) is 5.69 Å². The molecule has 1 atom stereocenters. The molecule has 2 heterocycles. The second-order valence-electron chi connectivity index (χ2n) is 9.89. The fraction of sp³-hybridized carbons (Fsp3) is 0.233. The third-order valence-electron chi connectivity index (χ3n) is 6.66. The van der Waals surface area contributed by atoms with Gasteiger partial charge >= 0.3 is 12.4 Å². The highest BCUT2D eigenvalue weighted by atomic mass is 32.2. The van der Waals surface area contributed by atoms with E-state index in [0.29, 0.717) is 29.6 Å². The zero-order valence-corrected chi connectivity index (χ0v) is 25.1. The molecule has 0 radical (unpaired) electrons. The maximum atomic E-state index is 12.8. The number of amides is 3. The molecule has 45 heavy (non-hydrogen) atoms. The fourth-order valence-corrected chi connectivity index (χ4v) is 5.25. The minimum absolute atomic E-state index is 0.166. The molecule has 1 aliphatic heterocycles. The molecule has 1 unspecified atom stereocenters. The SMILES string of the molecule is COC(C)c1ccc(C)cc1N1C(=O)CSC1=NC(=O)Nc1ccc(CNc2ncn(-c3ccc(OC(F)(F)F)cc3)n2)cc1. The monoisotopic (exact) mass is 639 g/mol. The van der Waals surface area contributed by atoms with Crippen molar-refractivity contribution in [2.45, 2.75) is 32.9 Å². The van der Waals surface area contributed by atoms with E-state index in [1.165, 1.54) is 51.9 Å². The number of amidine groups is 1. The molecule has 1 aromatic heterocycles. The summed E-state index contributed by atoms with van der Waals surface area (Å²) in [5, 5.41) is 10.4. The molecule has 4 aromatic rings. The van der Waals surface area contributed by atoms with E-state index in [2.05, 4.69) is 30.4 Å². The van der Waals surface area contributed by atoms with Crippen molar-refractivity contribution in [3.8, 4) is 11.4 Å². The van der Waals surface area contributed by atoms with Crippen LogP contribution in [-0.4, -0.2) is 51.1 Å². The maximum absolute atomic E-state index is 12.8. The molecule has 15 heteroatoms. The first-order chi connectivity index (χ1) is 21.5. The number of aliphatic imine (C=N–C) groups is 1. The van der Waals surface area contributed by atoms with Crippen molar-refractivity contribution in [2.24, 2.45) is 4.99 Å². The number of anilines is 3. The molecule has 5 rings (SSSR count). The van der Waals surface area contributed by atoms with Crippen molar-refractivity contribution in [3.63, 3.8) is 0 Å². The maximum Gasteiger partial charge on any atom is 0.573 e. The van der Waals surface area contributed by atoms with Gasteiger partial charge in [-0.15, -0.1) is 18.3 Å². The standard InChI is InChI=1S/C30H28F3N7O4S/c1-18-4-13-24(19(2)43-3)25(14-18)40-26(41)16-45-29(40)37-28(42)36-21-7-5-20(6-8-21)15-34-27-35-17-39(38-27)22-9-11-23(12-10-22)44-30(31,32)33/h4-14,17,19H,15-16H2,1-3H3,(H,34,38)(H,36,42). The van der Waals surface area contributed by atoms with Gasteiger partial charge in [0.05, 0.1) is 23.2 Å². The summed E-state index contributed by atoms with van der Waals surface area (Å²) in [6.45, 7) is 4.18. The molecule has 0 aliphatic carbocycles. The predicted octanol–water partition coefficient (Wildman–Crippen LogP) is 6.46. The smallest absolute Gasteiger partial charge is 0.406 e. The van der Waals surface area contributed by atoms with Crippen LogP contribution in [0.15, 0.2) is 78.0 Å². The number of alkyl halides is 3. The van der Waals surface area contributed by atoms with Gasteiger partial charge in [0, 0.05) is 24.9 Å². The summed E-state index contributed by atoms with van der Waals surface area (Å²) < 4.78 is 47.9. The Morgan fingerprint density at radius 1 is 1.11 bits per heavy atom. The normalized spacial score (nSPS) is 14.9. The van der Waals surface area contributed by atoms with Crippen LogP contribution in [-0.2, 0) is 16.1 Å². The van der Waals surface area contributed by atoms with E-state index in [9.17, 15) is 22.8 Å². The molecule has 1 aliphatic rings. The highest BCUT2D eigenvalue weighted by Crippen LogP contribution is 2.34. The van der Waals surface area contributed by atoms with Crippen molar-refractivity contribution in [1.29, 1.82) is 0 Å². The highest BCUT2D eigenvalue weighted by molar-refractivity contribution is 8.15. The van der Waals surface area contributed by atoms with Gasteiger partial charge in [-0.25, -0.2) is 14.5 Å². The van der Waals surface area contributed by atoms with Gasteiger partial charge in [-0.3, -0.25) is 9.69 Å². The second kappa shape index (κ2) is 13.4. The summed E-state index contributed by atoms with van der Waals surface area (Å²) >= 11 is 1.19. The van der Waals surface area contributed by atoms with Crippen molar-refractivity contribution in [2.75, 3.05) is 28.4 Å². The number of aryl methyl sites for hydroxylation is 1. The number of ether oxygens (including phenoxy) is 2. The molecule has 0 spiro atoms. The Labute approximate surface area is 260 Å². The van der Waals surface area contributed by atoms with E-state index in [-0.39, 0.29) is 28.7 Å². The van der Waals surface area contributed by atoms with Gasteiger partial charge in [0.15, 0.2) is 5.17 Å². The average Bonchev–Trinajstić information content (AvgIpc) is 3.62. The van der Waals surface area contributed by atoms with Gasteiger partial charge in [0.2, 0.25) is 11.9 Å². The Hall–Kier alpha value is -4.89. The number of methoxy groups -OCH3 is 1. The van der Waals surface area contributed by atoms with Crippen molar-refractivity contribution < 1.29 is 32.2 Å². The molecule has 2 N–H and O–H groups in total. The molecule has 11 nitrogen and oxygen atoms in total. The van der Waals surface area contributed by atoms with Gasteiger partial charge < -0.3 is 20.1 Å². The lowest BCUT2D eigenvalue weighted by atomic mass is 10.0. The number of hydrogen-bond acceptors (Lipinski definition) is 8. The number of nitrogens with zero attached hydrogens (tertiary/aromatic N) is 5. The molecule has 0 bridgehead atoms. The number of halogens is 3. The first-order valence-electron chi connectivity index (χ1n) is 13.6. The first-order valence-corrected chi connectivity index (χ1v) is 14.6. The number of urea groups is 1. The fourth-order valence-electron chi connectivity index (χ4n) is 4.39. The number of carbonyl (C=O) groups excluding carboxylic acids is 2. The van der Waals surface area contributed by atoms with Gasteiger partial charge in [0.1, 0.15) is 12.1 Å². The second-order valence-corrected chi connectivity index (χ2v) is 10.8. The van der Waals surface area contributed by atoms with Crippen molar-refractivity contribution >= 4 is 46.2 Å². The van der Waals surface area contributed by atoms with Gasteiger partial charge in [0.25, 0.3) is 0 Å². The summed E-state index contributed by atoms with van der Waals surface area (Å²) in [7, 11) is 1.59. The molecule has 3 amide bonds. The van der Waals surface area contributed by atoms with Crippen LogP contribution in [0.3, 0.4) is 0 Å². The minimum Gasteiger partial charge on any atom is -0.406 e. The number of hydrogen-bond donors (Lipinski definition) is 2. The van der Waals surface area contributed by atoms with E-state index in [1.54, 1.807) is 31.4 Å². The minimum atomic E-state index is -4.77. The Kier molecular flexibility index (Phi) is 9.39. The first kappa shape index (κ1) is 31.5. The molecule has 234 valence electrons. The number of rotatable bonds is 9. The number of thioether (sulfide) groups is 1. The molecule has 0 saturated carbocycles. The lowest BCUT2D eigenvalue weighted by Gasteiger charge is -2.23. The van der Waals surface area contributed by atoms with Crippen LogP contribution in [0, 0.1) is 6.92 Å². The van der Waals surface area contributed by atoms with Gasteiger partial charge in [-0.1, -0.05) is 36.0 Å². The van der Waals surface area contributed by atoms with E-state index in [1.807, 2.05) is 32.0 Å². The van der Waals surface area contributed by atoms with Crippen LogP contribution >= 0.6 is 11.8 Å². The molecule has 1 saturated heterocycles. The predicted molar refractivity (Wildman–Crippen MR) is 165 cm³/mol. The summed E-state index contributed by atoms with van der Waals surface area (Å²) in [4.78, 5) is 35.5. The van der Waals surface area contributed by atoms with E-state index < -0.39 is 12.4 Å². The third-order valence-corrected chi connectivity index (χ3v) is 7.59. The zero-order valence-electron chi connectivity index (χ0n) is 24.3. The lowest BCUT2D eigenvalue weighted by Crippen LogP contribution is -2.31. The van der Waals surface area contributed by atoms with Gasteiger partial charge in [-0.2, -0.15) is 4.99 Å². The molecular formula is C30H28F3N7O4S. The van der Waals surface area contributed by atoms with Crippen LogP contribution < -0.4 is 20.3 Å². The third kappa shape index (κ3) is 7.99. The summed E-state index contributed by atoms with van der Waals surface area (Å²) in [6.07, 6.45) is -3.61. The van der Waals surface area contributed by atoms with Crippen LogP contribution in [0.5, 0.6) is 5.75 Å². The van der Waals surface area contributed by atoms with Crippen LogP contribution in [0.1, 0.15) is 29.7 Å². The highest BCUT2D eigenvalue weighted by Gasteiger charge is 2.33. The van der Waals surface area contributed by atoms with Crippen molar-refractivity contribution in [1.82, 2.24) is 14.8 Å². The summed E-state index contributed by atoms with van der Waals surface area (Å²) in [6, 6.07) is 17.4. The number of aromatic nitrogens is 3. The lowest BCUT2D eigenvalue weighted by molar-refractivity contribution is -0.274.